The fourth-order valence-electron chi connectivity index (χ4n) is 2.40. The minimum Gasteiger partial charge on any atom is -0.353 e. The van der Waals surface area contributed by atoms with Crippen LogP contribution < -0.4 is 5.32 Å². The van der Waals surface area contributed by atoms with Crippen molar-refractivity contribution >= 4 is 17.2 Å². The lowest BCUT2D eigenvalue weighted by Crippen LogP contribution is -2.26. The fraction of sp³-hybridized carbons (Fsp3) is 0.312. The number of hydrogen-bond donors (Lipinski definition) is 1. The highest BCUT2D eigenvalue weighted by atomic mass is 32.1. The molecule has 1 aliphatic rings. The summed E-state index contributed by atoms with van der Waals surface area (Å²) in [5.41, 5.74) is 0.605. The molecule has 3 rings (SSSR count). The third kappa shape index (κ3) is 3.07. The lowest BCUT2D eigenvalue weighted by atomic mass is 10.1. The molecule has 1 aromatic carbocycles. The van der Waals surface area contributed by atoms with Crippen molar-refractivity contribution in [3.8, 4) is 0 Å². The summed E-state index contributed by atoms with van der Waals surface area (Å²) in [6.07, 6.45) is 1.81. The largest absolute Gasteiger partial charge is 0.353 e. The van der Waals surface area contributed by atoms with Gasteiger partial charge in [-0.15, -0.1) is 11.3 Å². The van der Waals surface area contributed by atoms with E-state index in [9.17, 15) is 9.18 Å². The number of rotatable bonds is 5. The summed E-state index contributed by atoms with van der Waals surface area (Å²) in [5.74, 6) is 0.257. The number of benzene rings is 1. The summed E-state index contributed by atoms with van der Waals surface area (Å²) in [6, 6.07) is 11.0. The van der Waals surface area contributed by atoms with Crippen LogP contribution in [0.1, 0.15) is 29.2 Å². The van der Waals surface area contributed by atoms with Crippen molar-refractivity contribution in [1.29, 1.82) is 0 Å². The molecule has 4 heteroatoms. The first kappa shape index (κ1) is 13.3. The van der Waals surface area contributed by atoms with Gasteiger partial charge in [0.1, 0.15) is 5.82 Å². The van der Waals surface area contributed by atoms with Crippen molar-refractivity contribution in [3.63, 3.8) is 0 Å². The number of hydrogen-bond acceptors (Lipinski definition) is 2. The van der Waals surface area contributed by atoms with Gasteiger partial charge in [0.15, 0.2) is 0 Å². The zero-order chi connectivity index (χ0) is 13.9. The van der Waals surface area contributed by atoms with Crippen LogP contribution >= 0.6 is 11.3 Å². The Labute approximate surface area is 121 Å². The topological polar surface area (TPSA) is 29.1 Å². The van der Waals surface area contributed by atoms with Crippen molar-refractivity contribution in [1.82, 2.24) is 5.32 Å². The molecule has 1 fully saturated rings. The van der Waals surface area contributed by atoms with Crippen LogP contribution in [0.2, 0.25) is 0 Å². The maximum absolute atomic E-state index is 13.4. The van der Waals surface area contributed by atoms with Gasteiger partial charge in [0.2, 0.25) is 5.91 Å². The minimum atomic E-state index is -0.233. The van der Waals surface area contributed by atoms with Crippen LogP contribution in [0.25, 0.3) is 0 Å². The molecule has 1 saturated carbocycles. The first-order valence-corrected chi connectivity index (χ1v) is 7.68. The molecule has 2 nitrogen and oxygen atoms in total. The van der Waals surface area contributed by atoms with Crippen LogP contribution in [0.4, 0.5) is 4.39 Å². The van der Waals surface area contributed by atoms with E-state index in [0.29, 0.717) is 24.3 Å². The van der Waals surface area contributed by atoms with Crippen LogP contribution in [0.15, 0.2) is 41.8 Å². The molecule has 1 amide bonds. The van der Waals surface area contributed by atoms with Crippen molar-refractivity contribution in [2.75, 3.05) is 0 Å². The lowest BCUT2D eigenvalue weighted by Gasteiger charge is -2.05. The average Bonchev–Trinajstić information content (AvgIpc) is 2.99. The molecule has 2 atom stereocenters. The molecule has 2 aromatic rings. The molecule has 1 heterocycles. The molecular weight excluding hydrogens is 273 g/mol. The second kappa shape index (κ2) is 5.75. The standard InChI is InChI=1S/C16H16FNOS/c17-13-5-2-1-4-11(13)7-8-16(19)18-14-10-12(14)15-6-3-9-20-15/h1-6,9,12,14H,7-8,10H2,(H,18,19). The molecule has 20 heavy (non-hydrogen) atoms. The molecule has 1 aromatic heterocycles. The van der Waals surface area contributed by atoms with Crippen molar-refractivity contribution < 1.29 is 9.18 Å². The Hall–Kier alpha value is -1.68. The van der Waals surface area contributed by atoms with E-state index in [1.807, 2.05) is 6.07 Å². The predicted molar refractivity (Wildman–Crippen MR) is 78.3 cm³/mol. The molecule has 0 spiro atoms. The van der Waals surface area contributed by atoms with Gasteiger partial charge in [-0.05, 0) is 35.9 Å². The van der Waals surface area contributed by atoms with E-state index >= 15 is 0 Å². The van der Waals surface area contributed by atoms with Crippen LogP contribution in [0.5, 0.6) is 0 Å². The minimum absolute atomic E-state index is 0.0114. The fourth-order valence-corrected chi connectivity index (χ4v) is 3.31. The van der Waals surface area contributed by atoms with Crippen LogP contribution in [0, 0.1) is 5.82 Å². The molecule has 0 saturated heterocycles. The van der Waals surface area contributed by atoms with Gasteiger partial charge in [0.25, 0.3) is 0 Å². The maximum Gasteiger partial charge on any atom is 0.220 e. The first-order chi connectivity index (χ1) is 9.74. The summed E-state index contributed by atoms with van der Waals surface area (Å²) < 4.78 is 13.4. The highest BCUT2D eigenvalue weighted by molar-refractivity contribution is 7.10. The lowest BCUT2D eigenvalue weighted by molar-refractivity contribution is -0.121. The number of aryl methyl sites for hydroxylation is 1. The summed E-state index contributed by atoms with van der Waals surface area (Å²) in [6.45, 7) is 0. The summed E-state index contributed by atoms with van der Waals surface area (Å²) in [5, 5.41) is 5.09. The Kier molecular flexibility index (Phi) is 3.83. The third-order valence-corrected chi connectivity index (χ3v) is 4.63. The highest BCUT2D eigenvalue weighted by Crippen LogP contribution is 2.42. The monoisotopic (exact) mass is 289 g/mol. The zero-order valence-electron chi connectivity index (χ0n) is 11.0. The Balaban J connectivity index is 1.46. The Morgan fingerprint density at radius 2 is 2.15 bits per heavy atom. The number of halogens is 1. The van der Waals surface area contributed by atoms with E-state index in [4.69, 9.17) is 0 Å². The maximum atomic E-state index is 13.4. The SMILES string of the molecule is O=C(CCc1ccccc1F)NC1CC1c1cccs1. The molecule has 1 aliphatic carbocycles. The van der Waals surface area contributed by atoms with Crippen LogP contribution in [0.3, 0.4) is 0 Å². The van der Waals surface area contributed by atoms with Gasteiger partial charge in [0, 0.05) is 23.3 Å². The van der Waals surface area contributed by atoms with E-state index in [2.05, 4.69) is 16.8 Å². The van der Waals surface area contributed by atoms with Gasteiger partial charge < -0.3 is 5.32 Å². The van der Waals surface area contributed by atoms with Gasteiger partial charge in [-0.25, -0.2) is 4.39 Å². The molecular formula is C16H16FNOS. The quantitative estimate of drug-likeness (QED) is 0.897. The van der Waals surface area contributed by atoms with E-state index in [1.54, 1.807) is 29.5 Å². The molecule has 1 N–H and O–H groups in total. The smallest absolute Gasteiger partial charge is 0.220 e. The number of nitrogens with one attached hydrogen (secondary N) is 1. The second-order valence-corrected chi connectivity index (χ2v) is 6.10. The van der Waals surface area contributed by atoms with Gasteiger partial charge in [0.05, 0.1) is 0 Å². The highest BCUT2D eigenvalue weighted by Gasteiger charge is 2.39. The molecule has 2 unspecified atom stereocenters. The summed E-state index contributed by atoms with van der Waals surface area (Å²) in [4.78, 5) is 13.2. The van der Waals surface area contributed by atoms with Gasteiger partial charge >= 0.3 is 0 Å². The predicted octanol–water partition coefficient (Wildman–Crippen LogP) is 3.49. The van der Waals surface area contributed by atoms with E-state index in [1.165, 1.54) is 10.9 Å². The van der Waals surface area contributed by atoms with Gasteiger partial charge in [-0.3, -0.25) is 4.79 Å². The van der Waals surface area contributed by atoms with E-state index < -0.39 is 0 Å². The zero-order valence-corrected chi connectivity index (χ0v) is 11.8. The summed E-state index contributed by atoms with van der Waals surface area (Å²) >= 11 is 1.74. The number of carbonyl (C=O) groups is 1. The number of carbonyl (C=O) groups excluding carboxylic acids is 1. The second-order valence-electron chi connectivity index (χ2n) is 5.12. The van der Waals surface area contributed by atoms with Crippen molar-refractivity contribution in [2.45, 2.75) is 31.2 Å². The molecule has 0 aliphatic heterocycles. The average molecular weight is 289 g/mol. The Morgan fingerprint density at radius 1 is 1.30 bits per heavy atom. The normalized spacial score (nSPS) is 20.6. The number of thiophene rings is 1. The van der Waals surface area contributed by atoms with E-state index in [-0.39, 0.29) is 17.8 Å². The third-order valence-electron chi connectivity index (χ3n) is 3.62. The van der Waals surface area contributed by atoms with Gasteiger partial charge in [-0.2, -0.15) is 0 Å². The van der Waals surface area contributed by atoms with Gasteiger partial charge in [-0.1, -0.05) is 24.3 Å². The summed E-state index contributed by atoms with van der Waals surface area (Å²) in [7, 11) is 0. The van der Waals surface area contributed by atoms with Crippen LogP contribution in [-0.4, -0.2) is 11.9 Å². The van der Waals surface area contributed by atoms with E-state index in [0.717, 1.165) is 6.42 Å². The molecule has 0 radical (unpaired) electrons. The molecule has 0 bridgehead atoms. The Bertz CT molecular complexity index is 596. The van der Waals surface area contributed by atoms with Crippen molar-refractivity contribution in [2.24, 2.45) is 0 Å². The Morgan fingerprint density at radius 3 is 2.90 bits per heavy atom. The van der Waals surface area contributed by atoms with Crippen LogP contribution in [-0.2, 0) is 11.2 Å². The first-order valence-electron chi connectivity index (χ1n) is 6.80. The number of amides is 1. The molecule has 104 valence electrons. The van der Waals surface area contributed by atoms with Crippen molar-refractivity contribution in [3.05, 3.63) is 58.0 Å².